The molecule has 126 valence electrons. The number of nitrogens with one attached hydrogen (secondary N) is 1. The van der Waals surface area contributed by atoms with Crippen LogP contribution in [0.3, 0.4) is 0 Å². The number of fused-ring (bicyclic) bond motifs is 1. The summed E-state index contributed by atoms with van der Waals surface area (Å²) in [5.41, 5.74) is 6.31. The normalized spacial score (nSPS) is 17.2. The van der Waals surface area contributed by atoms with Gasteiger partial charge in [0.1, 0.15) is 0 Å². The molecule has 4 rings (SSSR count). The lowest BCUT2D eigenvalue weighted by atomic mass is 9.96. The predicted octanol–water partition coefficient (Wildman–Crippen LogP) is 5.62. The van der Waals surface area contributed by atoms with E-state index in [1.54, 1.807) is 0 Å². The Hall–Kier alpha value is -2.29. The molecule has 0 bridgehead atoms. The molecule has 1 aliphatic rings. The van der Waals surface area contributed by atoms with E-state index in [2.05, 4.69) is 71.1 Å². The van der Waals surface area contributed by atoms with Crippen molar-refractivity contribution in [3.05, 3.63) is 95.2 Å². The topological polar surface area (TPSA) is 19.0 Å². The number of halogens is 1. The van der Waals surface area contributed by atoms with Gasteiger partial charge in [-0.15, -0.1) is 6.58 Å². The predicted molar refractivity (Wildman–Crippen MR) is 105 cm³/mol. The highest BCUT2D eigenvalue weighted by atomic mass is 35.5. The summed E-state index contributed by atoms with van der Waals surface area (Å²) in [7, 11) is 0. The summed E-state index contributed by atoms with van der Waals surface area (Å²) < 4.78 is 0. The summed E-state index contributed by atoms with van der Waals surface area (Å²) in [6, 6.07) is 20.9. The fraction of sp³-hybridized carbons (Fsp3) is 0.182. The molecular weight excluding hydrogens is 328 g/mol. The van der Waals surface area contributed by atoms with Crippen LogP contribution in [0.1, 0.15) is 22.7 Å². The molecule has 0 spiro atoms. The number of hydrogen-bond acceptors (Lipinski definition) is 1. The third-order valence-corrected chi connectivity index (χ3v) is 5.09. The molecule has 2 heterocycles. The van der Waals surface area contributed by atoms with E-state index in [0.717, 1.165) is 35.9 Å². The largest absolute Gasteiger partial charge is 0.358 e. The summed E-state index contributed by atoms with van der Waals surface area (Å²) in [4.78, 5) is 6.10. The average Bonchev–Trinajstić information content (AvgIpc) is 3.06. The second kappa shape index (κ2) is 6.91. The Balaban J connectivity index is 1.61. The van der Waals surface area contributed by atoms with Gasteiger partial charge in [0.05, 0.1) is 0 Å². The highest BCUT2D eigenvalue weighted by molar-refractivity contribution is 6.30. The fourth-order valence-corrected chi connectivity index (χ4v) is 3.72. The van der Waals surface area contributed by atoms with Crippen LogP contribution in [0.15, 0.2) is 73.3 Å². The summed E-state index contributed by atoms with van der Waals surface area (Å²) in [6.07, 6.45) is 2.05. The van der Waals surface area contributed by atoms with E-state index < -0.39 is 0 Å². The minimum Gasteiger partial charge on any atom is -0.358 e. The van der Waals surface area contributed by atoms with Crippen LogP contribution < -0.4 is 0 Å². The molecule has 2 nitrogen and oxygen atoms in total. The van der Waals surface area contributed by atoms with Crippen molar-refractivity contribution in [1.82, 2.24) is 9.88 Å². The second-order valence-corrected chi connectivity index (χ2v) is 7.06. The van der Waals surface area contributed by atoms with Gasteiger partial charge in [-0.05, 0) is 34.9 Å². The SMILES string of the molecule is C=C[C@H]1CN(Cc2ccccc2)Cc2cc(-c3ccc(Cl)cc3)[nH]c21. The molecule has 0 amide bonds. The molecule has 0 saturated carbocycles. The zero-order chi connectivity index (χ0) is 17.2. The Bertz CT molecular complexity index is 865. The number of nitrogens with zero attached hydrogens (tertiary/aromatic N) is 1. The van der Waals surface area contributed by atoms with Gasteiger partial charge in [0, 0.05) is 42.0 Å². The molecule has 2 aromatic carbocycles. The van der Waals surface area contributed by atoms with Crippen molar-refractivity contribution in [2.24, 2.45) is 0 Å². The van der Waals surface area contributed by atoms with Gasteiger partial charge in [-0.2, -0.15) is 0 Å². The molecule has 0 saturated heterocycles. The van der Waals surface area contributed by atoms with Crippen molar-refractivity contribution < 1.29 is 0 Å². The number of rotatable bonds is 4. The standard InChI is InChI=1S/C22H21ClN2/c1-2-17-14-25(13-16-6-4-3-5-7-16)15-19-12-21(24-22(17)19)18-8-10-20(23)11-9-18/h2-12,17,24H,1,13-15H2/t17-/m0/s1. The van der Waals surface area contributed by atoms with Crippen molar-refractivity contribution in [2.75, 3.05) is 6.54 Å². The van der Waals surface area contributed by atoms with E-state index in [1.807, 2.05) is 12.1 Å². The average molecular weight is 349 g/mol. The van der Waals surface area contributed by atoms with Crippen molar-refractivity contribution in [3.63, 3.8) is 0 Å². The van der Waals surface area contributed by atoms with E-state index in [-0.39, 0.29) is 0 Å². The van der Waals surface area contributed by atoms with Gasteiger partial charge < -0.3 is 4.98 Å². The lowest BCUT2D eigenvalue weighted by Gasteiger charge is -2.31. The van der Waals surface area contributed by atoms with E-state index in [0.29, 0.717) is 5.92 Å². The smallest absolute Gasteiger partial charge is 0.0459 e. The first-order valence-electron chi connectivity index (χ1n) is 8.59. The molecule has 1 atom stereocenters. The van der Waals surface area contributed by atoms with Crippen molar-refractivity contribution in [3.8, 4) is 11.3 Å². The van der Waals surface area contributed by atoms with Crippen molar-refractivity contribution in [2.45, 2.75) is 19.0 Å². The quantitative estimate of drug-likeness (QED) is 0.606. The first-order valence-corrected chi connectivity index (χ1v) is 8.97. The number of aromatic amines is 1. The van der Waals surface area contributed by atoms with Gasteiger partial charge in [0.15, 0.2) is 0 Å². The summed E-state index contributed by atoms with van der Waals surface area (Å²) >= 11 is 6.01. The Labute approximate surface area is 153 Å². The van der Waals surface area contributed by atoms with Crippen molar-refractivity contribution in [1.29, 1.82) is 0 Å². The molecule has 0 fully saturated rings. The maximum absolute atomic E-state index is 6.01. The van der Waals surface area contributed by atoms with E-state index in [9.17, 15) is 0 Å². The summed E-state index contributed by atoms with van der Waals surface area (Å²) in [6.45, 7) is 6.97. The Morgan fingerprint density at radius 2 is 1.88 bits per heavy atom. The lowest BCUT2D eigenvalue weighted by molar-refractivity contribution is 0.233. The van der Waals surface area contributed by atoms with Gasteiger partial charge in [-0.1, -0.05) is 60.1 Å². The Morgan fingerprint density at radius 1 is 1.12 bits per heavy atom. The maximum atomic E-state index is 6.01. The molecule has 1 N–H and O–H groups in total. The van der Waals surface area contributed by atoms with Crippen LogP contribution in [-0.4, -0.2) is 16.4 Å². The zero-order valence-electron chi connectivity index (χ0n) is 14.1. The Kier molecular flexibility index (Phi) is 4.48. The zero-order valence-corrected chi connectivity index (χ0v) is 14.8. The Morgan fingerprint density at radius 3 is 2.60 bits per heavy atom. The van der Waals surface area contributed by atoms with Crippen LogP contribution in [0.25, 0.3) is 11.3 Å². The van der Waals surface area contributed by atoms with E-state index in [4.69, 9.17) is 11.6 Å². The third-order valence-electron chi connectivity index (χ3n) is 4.84. The number of benzene rings is 2. The minimum absolute atomic E-state index is 0.327. The van der Waals surface area contributed by atoms with E-state index >= 15 is 0 Å². The van der Waals surface area contributed by atoms with Crippen LogP contribution in [0.2, 0.25) is 5.02 Å². The lowest BCUT2D eigenvalue weighted by Crippen LogP contribution is -2.32. The molecule has 25 heavy (non-hydrogen) atoms. The van der Waals surface area contributed by atoms with Crippen LogP contribution in [0, 0.1) is 0 Å². The van der Waals surface area contributed by atoms with Crippen molar-refractivity contribution >= 4 is 11.6 Å². The second-order valence-electron chi connectivity index (χ2n) is 6.63. The van der Waals surface area contributed by atoms with Gasteiger partial charge in [0.25, 0.3) is 0 Å². The van der Waals surface area contributed by atoms with Gasteiger partial charge in [-0.25, -0.2) is 0 Å². The van der Waals surface area contributed by atoms with Gasteiger partial charge in [0.2, 0.25) is 0 Å². The van der Waals surface area contributed by atoms with Crippen LogP contribution in [0.5, 0.6) is 0 Å². The molecule has 3 aromatic rings. The highest BCUT2D eigenvalue weighted by Crippen LogP contribution is 2.33. The van der Waals surface area contributed by atoms with Gasteiger partial charge in [-0.3, -0.25) is 4.90 Å². The number of H-pyrrole nitrogens is 1. The molecule has 0 unspecified atom stereocenters. The van der Waals surface area contributed by atoms with E-state index in [1.165, 1.54) is 16.8 Å². The number of aromatic nitrogens is 1. The van der Waals surface area contributed by atoms with Crippen LogP contribution >= 0.6 is 11.6 Å². The molecule has 1 aliphatic heterocycles. The molecule has 3 heteroatoms. The molecule has 1 aromatic heterocycles. The maximum Gasteiger partial charge on any atom is 0.0459 e. The first-order chi connectivity index (χ1) is 12.2. The molecule has 0 radical (unpaired) electrons. The molecule has 0 aliphatic carbocycles. The third kappa shape index (κ3) is 3.41. The minimum atomic E-state index is 0.327. The summed E-state index contributed by atoms with van der Waals surface area (Å²) in [5, 5.41) is 0.762. The van der Waals surface area contributed by atoms with Crippen LogP contribution in [0.4, 0.5) is 0 Å². The first kappa shape index (κ1) is 16.2. The van der Waals surface area contributed by atoms with Gasteiger partial charge >= 0.3 is 0 Å². The monoisotopic (exact) mass is 348 g/mol. The number of hydrogen-bond donors (Lipinski definition) is 1. The fourth-order valence-electron chi connectivity index (χ4n) is 3.59. The molecular formula is C22H21ClN2. The van der Waals surface area contributed by atoms with Crippen LogP contribution in [-0.2, 0) is 13.1 Å². The highest BCUT2D eigenvalue weighted by Gasteiger charge is 2.25. The summed E-state index contributed by atoms with van der Waals surface area (Å²) in [5.74, 6) is 0.327.